The number of nitrogens with one attached hydrogen (secondary N) is 1. The number of fused-ring (bicyclic) bond motifs is 3. The first-order valence-electron chi connectivity index (χ1n) is 10.9. The Morgan fingerprint density at radius 2 is 2.07 bits per heavy atom. The van der Waals surface area contributed by atoms with E-state index in [0.29, 0.717) is 35.9 Å². The highest BCUT2D eigenvalue weighted by atomic mass is 16.5. The minimum absolute atomic E-state index is 0.124. The number of nitrogens with zero attached hydrogens (tertiary/aromatic N) is 3. The van der Waals surface area contributed by atoms with E-state index >= 15 is 0 Å². The first-order valence-corrected chi connectivity index (χ1v) is 10.9. The number of hydrogen-bond donors (Lipinski definition) is 1. The lowest BCUT2D eigenvalue weighted by atomic mass is 9.82. The summed E-state index contributed by atoms with van der Waals surface area (Å²) in [5, 5.41) is 3.29. The van der Waals surface area contributed by atoms with Gasteiger partial charge >= 0.3 is 0 Å². The van der Waals surface area contributed by atoms with Crippen molar-refractivity contribution in [2.45, 2.75) is 71.1 Å². The predicted molar refractivity (Wildman–Crippen MR) is 110 cm³/mol. The van der Waals surface area contributed by atoms with Gasteiger partial charge in [-0.15, -0.1) is 0 Å². The van der Waals surface area contributed by atoms with Gasteiger partial charge in [-0.2, -0.15) is 0 Å². The highest BCUT2D eigenvalue weighted by molar-refractivity contribution is 5.98. The van der Waals surface area contributed by atoms with E-state index in [1.165, 1.54) is 12.8 Å². The molecule has 2 aliphatic carbocycles. The molecule has 4 atom stereocenters. The first kappa shape index (κ1) is 20.3. The number of unbranched alkanes of at least 4 members (excludes halogenated alkanes) is 1. The zero-order valence-electron chi connectivity index (χ0n) is 17.7. The molecule has 29 heavy (non-hydrogen) atoms. The van der Waals surface area contributed by atoms with Crippen LogP contribution in [0.1, 0.15) is 67.3 Å². The van der Waals surface area contributed by atoms with Crippen LogP contribution in [0.3, 0.4) is 0 Å². The maximum absolute atomic E-state index is 13.1. The van der Waals surface area contributed by atoms with Gasteiger partial charge in [-0.25, -0.2) is 9.97 Å². The standard InChI is InChI=1S/C22H32N4O3/c1-4-5-8-29-18-10-15-6-7-16(11-18)19(15)25-22(27)20-21-24-17(12-28-3)9-14(2)26(21)13-23-20/h9,13,15-16,18-19H,4-8,10-12H2,1-3H3,(H,25,27)/t15-,16?,18+,19-/m0/s1. The summed E-state index contributed by atoms with van der Waals surface area (Å²) in [6, 6.07) is 2.17. The third-order valence-electron chi connectivity index (χ3n) is 6.46. The van der Waals surface area contributed by atoms with Gasteiger partial charge in [-0.05, 0) is 56.9 Å². The average Bonchev–Trinajstić information content (AvgIpc) is 3.21. The van der Waals surface area contributed by atoms with E-state index in [9.17, 15) is 4.79 Å². The molecule has 2 heterocycles. The van der Waals surface area contributed by atoms with Gasteiger partial charge in [0.2, 0.25) is 0 Å². The van der Waals surface area contributed by atoms with Crippen LogP contribution >= 0.6 is 0 Å². The molecule has 2 bridgehead atoms. The second kappa shape index (κ2) is 8.79. The minimum atomic E-state index is -0.124. The summed E-state index contributed by atoms with van der Waals surface area (Å²) in [5.41, 5.74) is 2.78. The lowest BCUT2D eigenvalue weighted by Gasteiger charge is -2.35. The third kappa shape index (κ3) is 4.16. The summed E-state index contributed by atoms with van der Waals surface area (Å²) in [6.45, 7) is 5.44. The maximum atomic E-state index is 13.1. The normalized spacial score (nSPS) is 26.2. The van der Waals surface area contributed by atoms with Gasteiger partial charge in [0.05, 0.1) is 18.4 Å². The fraction of sp³-hybridized carbons (Fsp3) is 0.682. The number of aromatic nitrogens is 3. The Morgan fingerprint density at radius 3 is 2.76 bits per heavy atom. The predicted octanol–water partition coefficient (Wildman–Crippen LogP) is 3.29. The van der Waals surface area contributed by atoms with Crippen LogP contribution < -0.4 is 5.32 Å². The largest absolute Gasteiger partial charge is 0.378 e. The second-order valence-corrected chi connectivity index (χ2v) is 8.52. The zero-order chi connectivity index (χ0) is 20.4. The number of rotatable bonds is 8. The van der Waals surface area contributed by atoms with E-state index in [1.54, 1.807) is 13.4 Å². The number of carbonyl (C=O) groups is 1. The number of imidazole rings is 1. The summed E-state index contributed by atoms with van der Waals surface area (Å²) in [6.07, 6.45) is 8.74. The smallest absolute Gasteiger partial charge is 0.274 e. The maximum Gasteiger partial charge on any atom is 0.274 e. The summed E-state index contributed by atoms with van der Waals surface area (Å²) in [5.74, 6) is 0.870. The molecule has 0 radical (unpaired) electrons. The van der Waals surface area contributed by atoms with Crippen molar-refractivity contribution in [2.75, 3.05) is 13.7 Å². The fourth-order valence-corrected chi connectivity index (χ4v) is 5.03. The van der Waals surface area contributed by atoms with Crippen LogP contribution in [-0.4, -0.2) is 46.1 Å². The van der Waals surface area contributed by atoms with Gasteiger partial charge in [-0.1, -0.05) is 13.3 Å². The SMILES string of the molecule is CCCCO[C@H]1CC2CC[C@@H](C1)[C@@H]2NC(=O)c1ncn2c(C)cc(COC)nc12. The first-order chi connectivity index (χ1) is 14.1. The van der Waals surface area contributed by atoms with Crippen molar-refractivity contribution in [3.05, 3.63) is 29.5 Å². The van der Waals surface area contributed by atoms with E-state index in [0.717, 1.165) is 43.7 Å². The highest BCUT2D eigenvalue weighted by Gasteiger charge is 2.44. The number of methoxy groups -OCH3 is 1. The van der Waals surface area contributed by atoms with E-state index in [2.05, 4.69) is 22.2 Å². The van der Waals surface area contributed by atoms with Gasteiger partial charge in [0, 0.05) is 25.5 Å². The zero-order valence-corrected chi connectivity index (χ0v) is 17.7. The van der Waals surface area contributed by atoms with Gasteiger partial charge in [0.25, 0.3) is 5.91 Å². The number of amides is 1. The Balaban J connectivity index is 1.46. The summed E-state index contributed by atoms with van der Waals surface area (Å²) >= 11 is 0. The van der Waals surface area contributed by atoms with Crippen LogP contribution in [0, 0.1) is 18.8 Å². The molecule has 0 spiro atoms. The van der Waals surface area contributed by atoms with Crippen molar-refractivity contribution in [3.8, 4) is 0 Å². The monoisotopic (exact) mass is 400 g/mol. The molecule has 1 amide bonds. The second-order valence-electron chi connectivity index (χ2n) is 8.52. The van der Waals surface area contributed by atoms with Crippen LogP contribution in [0.15, 0.2) is 12.4 Å². The quantitative estimate of drug-likeness (QED) is 0.688. The Morgan fingerprint density at radius 1 is 1.31 bits per heavy atom. The molecule has 4 rings (SSSR count). The van der Waals surface area contributed by atoms with Crippen molar-refractivity contribution in [1.82, 2.24) is 19.7 Å². The molecule has 2 aromatic rings. The molecule has 7 heteroatoms. The number of ether oxygens (including phenoxy) is 2. The third-order valence-corrected chi connectivity index (χ3v) is 6.46. The fourth-order valence-electron chi connectivity index (χ4n) is 5.03. The van der Waals surface area contributed by atoms with E-state index in [-0.39, 0.29) is 11.9 Å². The minimum Gasteiger partial charge on any atom is -0.378 e. The van der Waals surface area contributed by atoms with Gasteiger partial charge in [0.15, 0.2) is 11.3 Å². The van der Waals surface area contributed by atoms with Gasteiger partial charge in [-0.3, -0.25) is 9.20 Å². The molecular weight excluding hydrogens is 368 g/mol. The molecule has 158 valence electrons. The molecule has 2 aliphatic rings. The Hall–Kier alpha value is -1.99. The molecule has 2 aromatic heterocycles. The molecule has 1 N–H and O–H groups in total. The molecule has 2 fully saturated rings. The van der Waals surface area contributed by atoms with Crippen LogP contribution in [0.25, 0.3) is 5.65 Å². The molecule has 1 unspecified atom stereocenters. The number of hydrogen-bond acceptors (Lipinski definition) is 5. The van der Waals surface area contributed by atoms with Crippen molar-refractivity contribution < 1.29 is 14.3 Å². The molecule has 2 saturated carbocycles. The summed E-state index contributed by atoms with van der Waals surface area (Å²) < 4.78 is 13.2. The molecular formula is C22H32N4O3. The Labute approximate surface area is 172 Å². The van der Waals surface area contributed by atoms with Crippen LogP contribution in [-0.2, 0) is 16.1 Å². The van der Waals surface area contributed by atoms with Crippen molar-refractivity contribution in [2.24, 2.45) is 11.8 Å². The topological polar surface area (TPSA) is 77.8 Å². The average molecular weight is 401 g/mol. The molecule has 0 aliphatic heterocycles. The van der Waals surface area contributed by atoms with Crippen molar-refractivity contribution >= 4 is 11.6 Å². The van der Waals surface area contributed by atoms with Crippen molar-refractivity contribution in [3.63, 3.8) is 0 Å². The number of carbonyl (C=O) groups excluding carboxylic acids is 1. The molecule has 0 aromatic carbocycles. The Kier molecular flexibility index (Phi) is 6.15. The van der Waals surface area contributed by atoms with Crippen LogP contribution in [0.5, 0.6) is 0 Å². The summed E-state index contributed by atoms with van der Waals surface area (Å²) in [4.78, 5) is 22.1. The van der Waals surface area contributed by atoms with Crippen LogP contribution in [0.4, 0.5) is 0 Å². The van der Waals surface area contributed by atoms with Gasteiger partial charge in [0.1, 0.15) is 6.33 Å². The summed E-state index contributed by atoms with van der Waals surface area (Å²) in [7, 11) is 1.64. The lowest BCUT2D eigenvalue weighted by molar-refractivity contribution is -0.00121. The molecule has 0 saturated heterocycles. The number of aryl methyl sites for hydroxylation is 1. The van der Waals surface area contributed by atoms with Gasteiger partial charge < -0.3 is 14.8 Å². The lowest BCUT2D eigenvalue weighted by Crippen LogP contribution is -2.46. The highest BCUT2D eigenvalue weighted by Crippen LogP contribution is 2.43. The Bertz CT molecular complexity index is 851. The van der Waals surface area contributed by atoms with E-state index < -0.39 is 0 Å². The van der Waals surface area contributed by atoms with Crippen molar-refractivity contribution in [1.29, 1.82) is 0 Å². The van der Waals surface area contributed by atoms with Crippen LogP contribution in [0.2, 0.25) is 0 Å². The molecule has 7 nitrogen and oxygen atoms in total. The van der Waals surface area contributed by atoms with E-state index in [1.807, 2.05) is 17.4 Å². The van der Waals surface area contributed by atoms with E-state index in [4.69, 9.17) is 9.47 Å².